The number of amides is 4. The van der Waals surface area contributed by atoms with E-state index < -0.39 is 47.9 Å². The highest BCUT2D eigenvalue weighted by Gasteiger charge is 2.36. The Labute approximate surface area is 213 Å². The van der Waals surface area contributed by atoms with Gasteiger partial charge in [0, 0.05) is 18.7 Å². The van der Waals surface area contributed by atoms with Gasteiger partial charge < -0.3 is 26.0 Å². The van der Waals surface area contributed by atoms with E-state index in [1.54, 1.807) is 45.0 Å². The second-order valence-corrected chi connectivity index (χ2v) is 9.32. The van der Waals surface area contributed by atoms with Gasteiger partial charge in [-0.3, -0.25) is 14.4 Å². The molecule has 0 heterocycles. The Hall–Kier alpha value is -3.80. The summed E-state index contributed by atoms with van der Waals surface area (Å²) in [5.74, 6) is 0.616. The number of nitrogens with one attached hydrogen (secondary N) is 2. The highest BCUT2D eigenvalue weighted by atomic mass is 16.6. The maximum atomic E-state index is 13.7. The summed E-state index contributed by atoms with van der Waals surface area (Å²) in [6, 6.07) is 4.25. The first-order chi connectivity index (χ1) is 16.9. The van der Waals surface area contributed by atoms with Crippen molar-refractivity contribution in [3.63, 3.8) is 0 Å². The summed E-state index contributed by atoms with van der Waals surface area (Å²) in [5, 5.41) is 5.30. The van der Waals surface area contributed by atoms with Crippen LogP contribution in [-0.4, -0.2) is 53.4 Å². The molecular weight excluding hydrogens is 460 g/mol. The van der Waals surface area contributed by atoms with E-state index in [9.17, 15) is 19.2 Å². The van der Waals surface area contributed by atoms with Crippen molar-refractivity contribution in [2.24, 2.45) is 5.73 Å². The number of nitrogens with two attached hydrogens (primary N) is 1. The van der Waals surface area contributed by atoms with Crippen LogP contribution in [0, 0.1) is 12.3 Å². The minimum absolute atomic E-state index is 0.0337. The van der Waals surface area contributed by atoms with Crippen molar-refractivity contribution >= 4 is 23.8 Å². The summed E-state index contributed by atoms with van der Waals surface area (Å²) < 4.78 is 5.24. The second-order valence-electron chi connectivity index (χ2n) is 9.32. The smallest absolute Gasteiger partial charge is 0.408 e. The molecular formula is C27H38N4O5. The van der Waals surface area contributed by atoms with Gasteiger partial charge in [0.2, 0.25) is 17.7 Å². The van der Waals surface area contributed by atoms with E-state index in [1.807, 2.05) is 0 Å². The fourth-order valence-corrected chi connectivity index (χ4v) is 3.43. The first kappa shape index (κ1) is 30.2. The summed E-state index contributed by atoms with van der Waals surface area (Å²) in [4.78, 5) is 52.4. The number of carbonyl (C=O) groups is 4. The maximum Gasteiger partial charge on any atom is 0.408 e. The normalized spacial score (nSPS) is 12.4. The van der Waals surface area contributed by atoms with Gasteiger partial charge in [0.15, 0.2) is 0 Å². The molecule has 0 aliphatic heterocycles. The van der Waals surface area contributed by atoms with E-state index in [-0.39, 0.29) is 6.54 Å². The van der Waals surface area contributed by atoms with Crippen LogP contribution in [0.2, 0.25) is 0 Å². The van der Waals surface area contributed by atoms with Gasteiger partial charge in [-0.2, -0.15) is 0 Å². The van der Waals surface area contributed by atoms with Gasteiger partial charge in [0.25, 0.3) is 0 Å². The number of terminal acetylenes is 1. The number of rotatable bonds is 13. The second kappa shape index (κ2) is 14.6. The molecule has 0 radical (unpaired) electrons. The van der Waals surface area contributed by atoms with Crippen molar-refractivity contribution in [2.45, 2.75) is 71.1 Å². The van der Waals surface area contributed by atoms with E-state index >= 15 is 0 Å². The molecule has 0 bridgehead atoms. The topological polar surface area (TPSA) is 131 Å². The molecule has 0 saturated carbocycles. The van der Waals surface area contributed by atoms with E-state index in [2.05, 4.69) is 30.1 Å². The average Bonchev–Trinajstić information content (AvgIpc) is 2.79. The van der Waals surface area contributed by atoms with Gasteiger partial charge in [-0.05, 0) is 44.9 Å². The molecule has 9 nitrogen and oxygen atoms in total. The van der Waals surface area contributed by atoms with Crippen LogP contribution >= 0.6 is 0 Å². The van der Waals surface area contributed by atoms with Gasteiger partial charge in [-0.15, -0.1) is 13.0 Å². The van der Waals surface area contributed by atoms with Gasteiger partial charge in [0.1, 0.15) is 17.7 Å². The number of nitrogens with zero attached hydrogens (tertiary/aromatic N) is 1. The zero-order chi connectivity index (χ0) is 27.3. The van der Waals surface area contributed by atoms with Crippen molar-refractivity contribution in [3.05, 3.63) is 48.0 Å². The zero-order valence-corrected chi connectivity index (χ0v) is 21.6. The van der Waals surface area contributed by atoms with Crippen LogP contribution in [0.25, 0.3) is 0 Å². The van der Waals surface area contributed by atoms with Crippen LogP contribution in [0.4, 0.5) is 4.79 Å². The molecule has 36 heavy (non-hydrogen) atoms. The number of hydrogen-bond donors (Lipinski definition) is 3. The Bertz CT molecular complexity index is 960. The Morgan fingerprint density at radius 3 is 2.33 bits per heavy atom. The number of hydrogen-bond acceptors (Lipinski definition) is 5. The van der Waals surface area contributed by atoms with E-state index in [1.165, 1.54) is 11.0 Å². The number of primary amides is 1. The minimum Gasteiger partial charge on any atom is -0.444 e. The summed E-state index contributed by atoms with van der Waals surface area (Å²) >= 11 is 0. The van der Waals surface area contributed by atoms with Crippen LogP contribution in [0.15, 0.2) is 36.9 Å². The summed E-state index contributed by atoms with van der Waals surface area (Å²) in [5.41, 5.74) is 5.65. The van der Waals surface area contributed by atoms with Crippen molar-refractivity contribution in [1.29, 1.82) is 0 Å². The van der Waals surface area contributed by atoms with E-state index in [0.29, 0.717) is 17.7 Å². The lowest BCUT2D eigenvalue weighted by molar-refractivity contribution is -0.142. The van der Waals surface area contributed by atoms with Crippen molar-refractivity contribution in [1.82, 2.24) is 15.5 Å². The third kappa shape index (κ3) is 10.2. The molecule has 0 saturated heterocycles. The van der Waals surface area contributed by atoms with Crippen LogP contribution in [0.5, 0.6) is 0 Å². The molecule has 2 atom stereocenters. The van der Waals surface area contributed by atoms with Crippen LogP contribution in [0.1, 0.15) is 70.5 Å². The molecule has 1 rings (SSSR count). The molecule has 0 aliphatic rings. The number of alkyl carbamates (subject to hydrolysis) is 1. The van der Waals surface area contributed by atoms with Crippen molar-refractivity contribution in [3.8, 4) is 12.3 Å². The largest absolute Gasteiger partial charge is 0.444 e. The fourth-order valence-electron chi connectivity index (χ4n) is 3.43. The van der Waals surface area contributed by atoms with Gasteiger partial charge in [0.05, 0.1) is 6.42 Å². The van der Waals surface area contributed by atoms with Gasteiger partial charge in [-0.25, -0.2) is 4.79 Å². The molecule has 196 valence electrons. The van der Waals surface area contributed by atoms with Crippen molar-refractivity contribution < 1.29 is 23.9 Å². The molecule has 0 fully saturated rings. The highest BCUT2D eigenvalue weighted by Crippen LogP contribution is 2.24. The lowest BCUT2D eigenvalue weighted by Gasteiger charge is -2.33. The molecule has 0 aliphatic carbocycles. The predicted molar refractivity (Wildman–Crippen MR) is 139 cm³/mol. The first-order valence-corrected chi connectivity index (χ1v) is 12.0. The third-order valence-corrected chi connectivity index (χ3v) is 5.04. The van der Waals surface area contributed by atoms with Crippen LogP contribution < -0.4 is 16.4 Å². The SMILES string of the molecule is C#Cc1ccc(C(C(=O)NCCCCC)N(CC=C)C(=O)C(CC(N)=O)NC(=O)OC(C)(C)C)cc1. The molecule has 9 heteroatoms. The summed E-state index contributed by atoms with van der Waals surface area (Å²) in [6.07, 6.45) is 8.26. The van der Waals surface area contributed by atoms with Crippen molar-refractivity contribution in [2.75, 3.05) is 13.1 Å². The maximum absolute atomic E-state index is 13.7. The number of ether oxygens (including phenoxy) is 1. The standard InChI is InChI=1S/C27H38N4O5/c1-7-10-11-16-29-24(33)23(20-14-12-19(9-3)13-15-20)31(17-8-2)25(34)21(18-22(28)32)30-26(35)36-27(4,5)6/h3,8,12-15,21,23H,2,7,10-11,16-18H2,1,4-6H3,(H2,28,32)(H,29,33)(H,30,35). The molecule has 1 aromatic carbocycles. The molecule has 0 spiro atoms. The average molecular weight is 499 g/mol. The number of unbranched alkanes of at least 4 members (excludes halogenated alkanes) is 2. The summed E-state index contributed by atoms with van der Waals surface area (Å²) in [7, 11) is 0. The fraction of sp³-hybridized carbons (Fsp3) is 0.481. The monoisotopic (exact) mass is 498 g/mol. The molecule has 4 N–H and O–H groups in total. The Morgan fingerprint density at radius 2 is 1.83 bits per heavy atom. The molecule has 4 amide bonds. The number of carbonyl (C=O) groups excluding carboxylic acids is 4. The quantitative estimate of drug-likeness (QED) is 0.219. The lowest BCUT2D eigenvalue weighted by atomic mass is 10.0. The predicted octanol–water partition coefficient (Wildman–Crippen LogP) is 2.80. The number of benzene rings is 1. The Balaban J connectivity index is 3.39. The van der Waals surface area contributed by atoms with Crippen LogP contribution in [-0.2, 0) is 19.1 Å². The van der Waals surface area contributed by atoms with E-state index in [4.69, 9.17) is 16.9 Å². The molecule has 2 unspecified atom stereocenters. The van der Waals surface area contributed by atoms with Crippen LogP contribution in [0.3, 0.4) is 0 Å². The molecule has 1 aromatic rings. The highest BCUT2D eigenvalue weighted by molar-refractivity contribution is 5.94. The summed E-state index contributed by atoms with van der Waals surface area (Å²) in [6.45, 7) is 11.2. The first-order valence-electron chi connectivity index (χ1n) is 12.0. The zero-order valence-electron chi connectivity index (χ0n) is 21.6. The Kier molecular flexibility index (Phi) is 12.2. The third-order valence-electron chi connectivity index (χ3n) is 5.04. The minimum atomic E-state index is -1.35. The Morgan fingerprint density at radius 1 is 1.19 bits per heavy atom. The lowest BCUT2D eigenvalue weighted by Crippen LogP contribution is -2.54. The van der Waals surface area contributed by atoms with E-state index in [0.717, 1.165) is 19.3 Å². The molecule has 0 aromatic heterocycles. The van der Waals surface area contributed by atoms with Gasteiger partial charge >= 0.3 is 6.09 Å². The van der Waals surface area contributed by atoms with Gasteiger partial charge in [-0.1, -0.05) is 43.9 Å².